The largest absolute Gasteiger partial charge is 0.492 e. The van der Waals surface area contributed by atoms with Gasteiger partial charge < -0.3 is 19.1 Å². The van der Waals surface area contributed by atoms with E-state index < -0.39 is 6.61 Å². The molecule has 36 heavy (non-hydrogen) atoms. The topological polar surface area (TPSA) is 65.8 Å². The summed E-state index contributed by atoms with van der Waals surface area (Å²) in [4.78, 5) is 20.3. The minimum atomic E-state index is -2.94. The quantitative estimate of drug-likeness (QED) is 0.309. The summed E-state index contributed by atoms with van der Waals surface area (Å²) in [5.41, 5.74) is 1.70. The molecule has 0 fully saturated rings. The number of benzene rings is 2. The van der Waals surface area contributed by atoms with E-state index in [2.05, 4.69) is 9.72 Å². The normalized spacial score (nSPS) is 11.3. The third kappa shape index (κ3) is 5.80. The number of hydrogen-bond donors (Lipinski definition) is 0. The van der Waals surface area contributed by atoms with Crippen molar-refractivity contribution in [2.75, 3.05) is 33.9 Å². The Bertz CT molecular complexity index is 1370. The average Bonchev–Trinajstić information content (AvgIpc) is 2.85. The predicted molar refractivity (Wildman–Crippen MR) is 135 cm³/mol. The Labute approximate surface area is 207 Å². The molecule has 0 saturated heterocycles. The molecule has 4 rings (SSSR count). The number of alkyl halides is 2. The van der Waals surface area contributed by atoms with E-state index in [0.717, 1.165) is 6.54 Å². The molecule has 2 heterocycles. The number of hydrogen-bond acceptors (Lipinski definition) is 6. The lowest BCUT2D eigenvalue weighted by atomic mass is 10.1. The van der Waals surface area contributed by atoms with Crippen LogP contribution in [0.15, 0.2) is 71.5 Å². The highest BCUT2D eigenvalue weighted by atomic mass is 19.3. The summed E-state index contributed by atoms with van der Waals surface area (Å²) in [5.74, 6) is 1.08. The van der Waals surface area contributed by atoms with Gasteiger partial charge in [-0.2, -0.15) is 13.8 Å². The zero-order valence-electron chi connectivity index (χ0n) is 20.3. The van der Waals surface area contributed by atoms with Gasteiger partial charge in [-0.1, -0.05) is 12.1 Å². The van der Waals surface area contributed by atoms with E-state index in [0.29, 0.717) is 52.7 Å². The molecule has 2 aromatic heterocycles. The van der Waals surface area contributed by atoms with Crippen molar-refractivity contribution in [3.8, 4) is 34.2 Å². The van der Waals surface area contributed by atoms with Crippen LogP contribution >= 0.6 is 0 Å². The van der Waals surface area contributed by atoms with E-state index in [1.807, 2.05) is 56.3 Å². The first-order valence-electron chi connectivity index (χ1n) is 11.5. The molecular formula is C27H27F2N3O4. The Morgan fingerprint density at radius 3 is 2.28 bits per heavy atom. The van der Waals surface area contributed by atoms with Gasteiger partial charge in [0.1, 0.15) is 18.1 Å². The van der Waals surface area contributed by atoms with Crippen LogP contribution in [0.4, 0.5) is 8.78 Å². The van der Waals surface area contributed by atoms with Crippen molar-refractivity contribution >= 4 is 11.0 Å². The maximum Gasteiger partial charge on any atom is 0.387 e. The minimum absolute atomic E-state index is 0.00456. The Morgan fingerprint density at radius 1 is 0.944 bits per heavy atom. The summed E-state index contributed by atoms with van der Waals surface area (Å²) in [7, 11) is 3.95. The van der Waals surface area contributed by atoms with Gasteiger partial charge >= 0.3 is 6.61 Å². The predicted octanol–water partition coefficient (Wildman–Crippen LogP) is 4.99. The molecule has 9 heteroatoms. The van der Waals surface area contributed by atoms with Crippen LogP contribution in [0.2, 0.25) is 0 Å². The fraction of sp³-hybridized carbons (Fsp3) is 0.259. The van der Waals surface area contributed by atoms with Gasteiger partial charge in [0.2, 0.25) is 5.88 Å². The highest BCUT2D eigenvalue weighted by Crippen LogP contribution is 2.27. The molecule has 0 spiro atoms. The Morgan fingerprint density at radius 2 is 1.64 bits per heavy atom. The molecule has 0 amide bonds. The van der Waals surface area contributed by atoms with Crippen molar-refractivity contribution in [1.82, 2.24) is 14.5 Å². The molecule has 0 aliphatic heterocycles. The molecule has 4 aromatic rings. The summed E-state index contributed by atoms with van der Waals surface area (Å²) in [6, 6.07) is 18.5. The van der Waals surface area contributed by atoms with Crippen LogP contribution in [0.3, 0.4) is 0 Å². The number of halogens is 2. The van der Waals surface area contributed by atoms with Gasteiger partial charge in [-0.3, -0.25) is 9.36 Å². The van der Waals surface area contributed by atoms with E-state index in [4.69, 9.17) is 9.47 Å². The second kappa shape index (κ2) is 11.2. The van der Waals surface area contributed by atoms with E-state index in [1.165, 1.54) is 16.7 Å². The second-order valence-corrected chi connectivity index (χ2v) is 8.24. The number of ether oxygens (including phenoxy) is 3. The SMILES string of the molecule is CCOc1ccc2cc(-c3ccc(OCCN(C)C)cc3)c(=O)n(-c3ccc(OC(F)F)cc3)c2n1. The number of nitrogens with zero attached hydrogens (tertiary/aromatic N) is 3. The average molecular weight is 496 g/mol. The number of aromatic nitrogens is 2. The molecule has 0 unspecified atom stereocenters. The Hall–Kier alpha value is -3.98. The van der Waals surface area contributed by atoms with Gasteiger partial charge in [0.25, 0.3) is 5.56 Å². The van der Waals surface area contributed by atoms with E-state index in [-0.39, 0.29) is 11.3 Å². The maximum absolute atomic E-state index is 13.7. The third-order valence-electron chi connectivity index (χ3n) is 5.41. The minimum Gasteiger partial charge on any atom is -0.492 e. The standard InChI is InChI=1S/C27H27F2N3O4/c1-4-34-24-14-7-19-17-23(18-5-10-21(11-6-18)35-16-15-31(2)3)26(33)32(25(19)30-24)20-8-12-22(13-9-20)36-27(28)29/h5-14,17,27H,4,15-16H2,1-3H3. The van der Waals surface area contributed by atoms with E-state index in [1.54, 1.807) is 24.3 Å². The van der Waals surface area contributed by atoms with Crippen molar-refractivity contribution < 1.29 is 23.0 Å². The lowest BCUT2D eigenvalue weighted by molar-refractivity contribution is -0.0498. The Balaban J connectivity index is 1.79. The summed E-state index contributed by atoms with van der Waals surface area (Å²) in [6.07, 6.45) is 0. The number of fused-ring (bicyclic) bond motifs is 1. The van der Waals surface area contributed by atoms with Gasteiger partial charge in [-0.25, -0.2) is 0 Å². The lowest BCUT2D eigenvalue weighted by Crippen LogP contribution is -2.21. The van der Waals surface area contributed by atoms with Crippen molar-refractivity contribution in [3.05, 3.63) is 77.1 Å². The van der Waals surface area contributed by atoms with Gasteiger partial charge in [0.05, 0.1) is 12.3 Å². The van der Waals surface area contributed by atoms with E-state index in [9.17, 15) is 13.6 Å². The first-order valence-corrected chi connectivity index (χ1v) is 11.5. The zero-order chi connectivity index (χ0) is 25.7. The summed E-state index contributed by atoms with van der Waals surface area (Å²) < 4.78 is 42.4. The van der Waals surface area contributed by atoms with Crippen LogP contribution in [-0.4, -0.2) is 54.9 Å². The van der Waals surface area contributed by atoms with E-state index >= 15 is 0 Å². The fourth-order valence-electron chi connectivity index (χ4n) is 3.70. The summed E-state index contributed by atoms with van der Waals surface area (Å²) in [6.45, 7) is 0.665. The zero-order valence-corrected chi connectivity index (χ0v) is 20.3. The molecule has 0 aliphatic carbocycles. The molecular weight excluding hydrogens is 468 g/mol. The molecule has 188 valence electrons. The number of pyridine rings is 2. The van der Waals surface area contributed by atoms with Gasteiger partial charge in [0, 0.05) is 23.6 Å². The van der Waals surface area contributed by atoms with Crippen LogP contribution in [-0.2, 0) is 0 Å². The third-order valence-corrected chi connectivity index (χ3v) is 5.41. The van der Waals surface area contributed by atoms with Crippen molar-refractivity contribution in [1.29, 1.82) is 0 Å². The molecule has 0 radical (unpaired) electrons. The highest BCUT2D eigenvalue weighted by Gasteiger charge is 2.15. The lowest BCUT2D eigenvalue weighted by Gasteiger charge is -2.15. The van der Waals surface area contributed by atoms with Crippen molar-refractivity contribution in [3.63, 3.8) is 0 Å². The van der Waals surface area contributed by atoms with Crippen molar-refractivity contribution in [2.45, 2.75) is 13.5 Å². The smallest absolute Gasteiger partial charge is 0.387 e. The maximum atomic E-state index is 13.7. The van der Waals surface area contributed by atoms with Gasteiger partial charge in [0.15, 0.2) is 5.65 Å². The number of likely N-dealkylation sites (N-methyl/N-ethyl adjacent to an activating group) is 1. The molecule has 0 saturated carbocycles. The Kier molecular flexibility index (Phi) is 7.80. The van der Waals surface area contributed by atoms with Crippen LogP contribution in [0.25, 0.3) is 27.8 Å². The number of rotatable bonds is 10. The first kappa shape index (κ1) is 25.1. The monoisotopic (exact) mass is 495 g/mol. The molecule has 7 nitrogen and oxygen atoms in total. The van der Waals surface area contributed by atoms with Gasteiger partial charge in [-0.05, 0) is 75.1 Å². The summed E-state index contributed by atoms with van der Waals surface area (Å²) in [5, 5.41) is 0.715. The molecule has 0 bridgehead atoms. The summed E-state index contributed by atoms with van der Waals surface area (Å²) >= 11 is 0. The highest BCUT2D eigenvalue weighted by molar-refractivity contribution is 5.83. The van der Waals surface area contributed by atoms with Crippen molar-refractivity contribution in [2.24, 2.45) is 0 Å². The molecule has 0 N–H and O–H groups in total. The molecule has 2 aromatic carbocycles. The fourth-order valence-corrected chi connectivity index (χ4v) is 3.70. The van der Waals surface area contributed by atoms with Crippen LogP contribution in [0.1, 0.15) is 6.92 Å². The molecule has 0 atom stereocenters. The van der Waals surface area contributed by atoms with Crippen LogP contribution < -0.4 is 19.8 Å². The first-order chi connectivity index (χ1) is 17.4. The van der Waals surface area contributed by atoms with Crippen LogP contribution in [0.5, 0.6) is 17.4 Å². The van der Waals surface area contributed by atoms with Gasteiger partial charge in [-0.15, -0.1) is 0 Å². The van der Waals surface area contributed by atoms with Crippen LogP contribution in [0, 0.1) is 0 Å². The second-order valence-electron chi connectivity index (χ2n) is 8.24. The molecule has 0 aliphatic rings.